The Morgan fingerprint density at radius 2 is 2.00 bits per heavy atom. The molecule has 4 aromatic rings. The molecule has 3 aromatic heterocycles. The third-order valence-corrected chi connectivity index (χ3v) is 7.75. The number of nitrogens with zero attached hydrogens (tertiary/aromatic N) is 2. The molecule has 0 amide bonds. The highest BCUT2D eigenvalue weighted by Crippen LogP contribution is 2.37. The van der Waals surface area contributed by atoms with Crippen LogP contribution >= 0.6 is 22.7 Å². The first kappa shape index (κ1) is 26.8. The number of aromatic nitrogens is 2. The molecule has 0 bridgehead atoms. The molecule has 0 aliphatic carbocycles. The molecule has 0 aliphatic heterocycles. The number of rotatable bonds is 12. The number of ether oxygens (including phenoxy) is 2. The Bertz CT molecular complexity index is 1350. The summed E-state index contributed by atoms with van der Waals surface area (Å²) < 4.78 is 11.0. The summed E-state index contributed by atoms with van der Waals surface area (Å²) in [5.41, 5.74) is 3.75. The molecule has 0 saturated heterocycles. The number of pyridine rings is 1. The van der Waals surface area contributed by atoms with E-state index in [-0.39, 0.29) is 11.4 Å². The lowest BCUT2D eigenvalue weighted by Gasteiger charge is -2.11. The number of methoxy groups -OCH3 is 1. The molecule has 0 aliphatic rings. The van der Waals surface area contributed by atoms with Crippen LogP contribution in [0, 0.1) is 12.8 Å². The van der Waals surface area contributed by atoms with Gasteiger partial charge in [0.2, 0.25) is 0 Å². The molecule has 0 unspecified atom stereocenters. The van der Waals surface area contributed by atoms with E-state index < -0.39 is 5.97 Å². The molecule has 0 saturated carbocycles. The van der Waals surface area contributed by atoms with Gasteiger partial charge >= 0.3 is 5.97 Å². The van der Waals surface area contributed by atoms with Gasteiger partial charge in [0.05, 0.1) is 12.3 Å². The molecule has 37 heavy (non-hydrogen) atoms. The number of benzene rings is 1. The van der Waals surface area contributed by atoms with E-state index in [1.54, 1.807) is 30.7 Å². The zero-order valence-electron chi connectivity index (χ0n) is 21.4. The van der Waals surface area contributed by atoms with E-state index in [0.29, 0.717) is 24.3 Å². The Morgan fingerprint density at radius 1 is 1.16 bits per heavy atom. The lowest BCUT2D eigenvalue weighted by atomic mass is 10.0. The van der Waals surface area contributed by atoms with Crippen molar-refractivity contribution < 1.29 is 19.4 Å². The van der Waals surface area contributed by atoms with Gasteiger partial charge in [-0.1, -0.05) is 32.0 Å². The number of hydrogen-bond acceptors (Lipinski definition) is 8. The highest BCUT2D eigenvalue weighted by atomic mass is 32.1. The molecule has 9 heteroatoms. The average molecular weight is 538 g/mol. The number of carboxylic acids is 1. The van der Waals surface area contributed by atoms with Crippen LogP contribution in [0.15, 0.2) is 48.0 Å². The summed E-state index contributed by atoms with van der Waals surface area (Å²) in [5, 5.41) is 15.6. The Kier molecular flexibility index (Phi) is 8.91. The predicted octanol–water partition coefficient (Wildman–Crippen LogP) is 7.30. The van der Waals surface area contributed by atoms with Gasteiger partial charge in [-0.25, -0.2) is 14.8 Å². The maximum absolute atomic E-state index is 12.1. The number of aromatic carboxylic acids is 1. The van der Waals surface area contributed by atoms with Gasteiger partial charge in [-0.05, 0) is 54.8 Å². The van der Waals surface area contributed by atoms with Gasteiger partial charge in [-0.3, -0.25) is 0 Å². The van der Waals surface area contributed by atoms with Crippen LogP contribution in [0.5, 0.6) is 5.75 Å². The lowest BCUT2D eigenvalue weighted by molar-refractivity contribution is 0.0697. The van der Waals surface area contributed by atoms with Crippen LogP contribution in [0.4, 0.5) is 10.9 Å². The first-order valence-corrected chi connectivity index (χ1v) is 13.8. The number of anilines is 2. The Morgan fingerprint density at radius 3 is 2.70 bits per heavy atom. The van der Waals surface area contributed by atoms with Crippen molar-refractivity contribution >= 4 is 39.6 Å². The molecule has 7 nitrogen and oxygen atoms in total. The van der Waals surface area contributed by atoms with E-state index in [9.17, 15) is 9.90 Å². The second-order valence-electron chi connectivity index (χ2n) is 9.07. The van der Waals surface area contributed by atoms with E-state index in [2.05, 4.69) is 24.1 Å². The number of hydrogen-bond donors (Lipinski definition) is 2. The van der Waals surface area contributed by atoms with Crippen LogP contribution in [-0.2, 0) is 11.2 Å². The van der Waals surface area contributed by atoms with Crippen molar-refractivity contribution in [2.75, 3.05) is 25.6 Å². The van der Waals surface area contributed by atoms with Gasteiger partial charge in [0, 0.05) is 34.2 Å². The zero-order valence-corrected chi connectivity index (χ0v) is 23.0. The fourth-order valence-electron chi connectivity index (χ4n) is 3.76. The van der Waals surface area contributed by atoms with Crippen LogP contribution < -0.4 is 10.1 Å². The zero-order chi connectivity index (χ0) is 26.4. The van der Waals surface area contributed by atoms with Crippen LogP contribution in [0.25, 0.3) is 21.7 Å². The van der Waals surface area contributed by atoms with Gasteiger partial charge in [-0.2, -0.15) is 0 Å². The second kappa shape index (κ2) is 12.3. The van der Waals surface area contributed by atoms with Crippen molar-refractivity contribution in [1.29, 1.82) is 0 Å². The van der Waals surface area contributed by atoms with E-state index >= 15 is 0 Å². The molecule has 0 fully saturated rings. The first-order valence-electron chi connectivity index (χ1n) is 12.1. The van der Waals surface area contributed by atoms with Crippen molar-refractivity contribution in [2.24, 2.45) is 5.92 Å². The van der Waals surface area contributed by atoms with Crippen molar-refractivity contribution in [2.45, 2.75) is 33.6 Å². The minimum atomic E-state index is -1.04. The third kappa shape index (κ3) is 6.74. The van der Waals surface area contributed by atoms with Crippen molar-refractivity contribution in [3.63, 3.8) is 0 Å². The van der Waals surface area contributed by atoms with Gasteiger partial charge in [0.25, 0.3) is 0 Å². The number of aryl methyl sites for hydroxylation is 2. The maximum Gasteiger partial charge on any atom is 0.339 e. The maximum atomic E-state index is 12.1. The van der Waals surface area contributed by atoms with Gasteiger partial charge in [0.15, 0.2) is 5.13 Å². The molecule has 0 atom stereocenters. The minimum Gasteiger partial charge on any atom is -0.491 e. The summed E-state index contributed by atoms with van der Waals surface area (Å²) in [6.45, 7) is 7.39. The third-order valence-electron chi connectivity index (χ3n) is 5.80. The predicted molar refractivity (Wildman–Crippen MR) is 151 cm³/mol. The summed E-state index contributed by atoms with van der Waals surface area (Å²) in [5.74, 6) is 0.575. The normalized spacial score (nSPS) is 11.2. The molecular formula is C28H31N3O4S2. The topological polar surface area (TPSA) is 93.6 Å². The van der Waals surface area contributed by atoms with Gasteiger partial charge in [-0.15, -0.1) is 22.7 Å². The summed E-state index contributed by atoms with van der Waals surface area (Å²) in [4.78, 5) is 23.5. The highest BCUT2D eigenvalue weighted by Gasteiger charge is 2.19. The van der Waals surface area contributed by atoms with Crippen LogP contribution in [0.1, 0.15) is 41.1 Å². The fourth-order valence-corrected chi connectivity index (χ4v) is 5.47. The molecule has 0 radical (unpaired) electrons. The first-order chi connectivity index (χ1) is 17.9. The number of carboxylic acid groups (broad SMARTS) is 1. The van der Waals surface area contributed by atoms with Gasteiger partial charge in [0.1, 0.15) is 23.7 Å². The molecule has 194 valence electrons. The summed E-state index contributed by atoms with van der Waals surface area (Å²) in [7, 11) is 1.65. The van der Waals surface area contributed by atoms with Crippen LogP contribution in [-0.4, -0.2) is 41.4 Å². The van der Waals surface area contributed by atoms with Crippen molar-refractivity contribution in [3.05, 3.63) is 64.0 Å². The molecule has 2 N–H and O–H groups in total. The van der Waals surface area contributed by atoms with E-state index in [1.807, 2.05) is 42.6 Å². The minimum absolute atomic E-state index is 0.107. The number of nitrogens with one attached hydrogen (secondary N) is 1. The monoisotopic (exact) mass is 537 g/mol. The average Bonchev–Trinajstić information content (AvgIpc) is 3.55. The largest absolute Gasteiger partial charge is 0.491 e. The van der Waals surface area contributed by atoms with Crippen LogP contribution in [0.3, 0.4) is 0 Å². The van der Waals surface area contributed by atoms with Crippen molar-refractivity contribution in [1.82, 2.24) is 9.97 Å². The fraction of sp³-hybridized carbons (Fsp3) is 0.321. The number of thiazole rings is 1. The quantitative estimate of drug-likeness (QED) is 0.183. The number of carbonyl (C=O) groups is 1. The molecule has 0 spiro atoms. The van der Waals surface area contributed by atoms with E-state index in [0.717, 1.165) is 50.7 Å². The molecule has 1 aromatic carbocycles. The summed E-state index contributed by atoms with van der Waals surface area (Å²) in [6, 6.07) is 11.6. The summed E-state index contributed by atoms with van der Waals surface area (Å²) >= 11 is 3.08. The molecular weight excluding hydrogens is 506 g/mol. The Balaban J connectivity index is 1.67. The summed E-state index contributed by atoms with van der Waals surface area (Å²) in [6.07, 6.45) is 3.58. The second-order valence-corrected chi connectivity index (χ2v) is 11.1. The Hall–Kier alpha value is -3.27. The van der Waals surface area contributed by atoms with Crippen molar-refractivity contribution in [3.8, 4) is 27.4 Å². The molecule has 3 heterocycles. The SMILES string of the molecule is COCCOc1cc(-c2nc(Nc3ncc(-c4cccs4)cc3C(=O)O)sc2CCC(C)C)ccc1C. The standard InChI is InChI=1S/C28H31N3O4S2/c1-17(2)7-10-24-25(19-9-8-18(3)22(15-19)35-12-11-34-4)30-28(37-24)31-26-21(27(32)33)14-20(16-29-26)23-6-5-13-36-23/h5-6,8-9,13-17H,7,10-12H2,1-4H3,(H,32,33)(H,29,30,31). The van der Waals surface area contributed by atoms with E-state index in [4.69, 9.17) is 14.5 Å². The smallest absolute Gasteiger partial charge is 0.339 e. The molecule has 4 rings (SSSR count). The van der Waals surface area contributed by atoms with E-state index in [1.165, 1.54) is 11.3 Å². The number of thiophene rings is 1. The Labute approximate surface area is 225 Å². The lowest BCUT2D eigenvalue weighted by Crippen LogP contribution is -2.05. The van der Waals surface area contributed by atoms with Crippen LogP contribution in [0.2, 0.25) is 0 Å². The van der Waals surface area contributed by atoms with Gasteiger partial charge < -0.3 is 19.9 Å². The highest BCUT2D eigenvalue weighted by molar-refractivity contribution is 7.16.